The van der Waals surface area contributed by atoms with Crippen LogP contribution in [0.15, 0.2) is 34.0 Å². The number of hydrogen-bond donors (Lipinski definition) is 1. The zero-order valence-corrected chi connectivity index (χ0v) is 15.4. The van der Waals surface area contributed by atoms with Crippen LogP contribution in [0.5, 0.6) is 0 Å². The maximum Gasteiger partial charge on any atom is 0.305 e. The number of amides is 1. The average molecular weight is 382 g/mol. The number of carbonyl (C=O) groups is 2. The molecular weight excluding hydrogens is 363 g/mol. The number of benzene rings is 1. The Balaban J connectivity index is 1.70. The van der Waals surface area contributed by atoms with Gasteiger partial charge in [0.25, 0.3) is 0 Å². The number of nitrogens with one attached hydrogen (secondary N) is 1. The number of rotatable bonds is 9. The number of carbonyl (C=O) groups excluding carboxylic acids is 2. The van der Waals surface area contributed by atoms with Crippen molar-refractivity contribution in [3.05, 3.63) is 35.5 Å². The van der Waals surface area contributed by atoms with Crippen molar-refractivity contribution >= 4 is 35.0 Å². The van der Waals surface area contributed by atoms with Crippen molar-refractivity contribution in [3.8, 4) is 11.3 Å². The van der Waals surface area contributed by atoms with E-state index in [0.717, 1.165) is 15.6 Å². The second-order valence-corrected chi connectivity index (χ2v) is 7.13. The Morgan fingerprint density at radius 3 is 2.80 bits per heavy atom. The van der Waals surface area contributed by atoms with Crippen LogP contribution in [0.1, 0.15) is 19.8 Å². The summed E-state index contributed by atoms with van der Waals surface area (Å²) in [5, 5.41) is 4.64. The van der Waals surface area contributed by atoms with E-state index in [0.29, 0.717) is 26.0 Å². The van der Waals surface area contributed by atoms with Gasteiger partial charge in [-0.05, 0) is 37.6 Å². The van der Waals surface area contributed by atoms with Gasteiger partial charge < -0.3 is 10.1 Å². The highest BCUT2D eigenvalue weighted by Gasteiger charge is 2.08. The first-order valence-corrected chi connectivity index (χ1v) is 9.71. The zero-order chi connectivity index (χ0) is 18.1. The molecule has 2 aromatic rings. The summed E-state index contributed by atoms with van der Waals surface area (Å²) in [4.78, 5) is 27.4. The van der Waals surface area contributed by atoms with Crippen molar-refractivity contribution < 1.29 is 18.7 Å². The fourth-order valence-corrected chi connectivity index (χ4v) is 3.61. The van der Waals surface area contributed by atoms with Gasteiger partial charge in [0.2, 0.25) is 5.91 Å². The van der Waals surface area contributed by atoms with Crippen molar-refractivity contribution in [3.63, 3.8) is 0 Å². The molecule has 1 aromatic heterocycles. The maximum absolute atomic E-state index is 12.9. The van der Waals surface area contributed by atoms with E-state index in [4.69, 9.17) is 4.74 Å². The SMILES string of the molecule is CCOC(=O)CCCNC(=O)CSc1nc(-c2ccc(F)cc2)cs1. The summed E-state index contributed by atoms with van der Waals surface area (Å²) in [5.41, 5.74) is 1.61. The molecule has 1 aromatic carbocycles. The summed E-state index contributed by atoms with van der Waals surface area (Å²) in [7, 11) is 0. The van der Waals surface area contributed by atoms with E-state index in [1.807, 2.05) is 5.38 Å². The molecule has 0 radical (unpaired) electrons. The normalized spacial score (nSPS) is 10.5. The summed E-state index contributed by atoms with van der Waals surface area (Å²) in [5.74, 6) is -0.377. The van der Waals surface area contributed by atoms with Gasteiger partial charge in [0, 0.05) is 23.9 Å². The van der Waals surface area contributed by atoms with E-state index in [1.165, 1.54) is 35.2 Å². The second kappa shape index (κ2) is 10.1. The van der Waals surface area contributed by atoms with E-state index in [9.17, 15) is 14.0 Å². The topological polar surface area (TPSA) is 68.3 Å². The van der Waals surface area contributed by atoms with Crippen LogP contribution in [-0.2, 0) is 14.3 Å². The van der Waals surface area contributed by atoms with Gasteiger partial charge in [-0.2, -0.15) is 0 Å². The van der Waals surface area contributed by atoms with Gasteiger partial charge in [0.1, 0.15) is 5.82 Å². The maximum atomic E-state index is 12.9. The number of esters is 1. The molecule has 1 N–H and O–H groups in total. The Labute approximate surface area is 154 Å². The van der Waals surface area contributed by atoms with Crippen LogP contribution in [0.3, 0.4) is 0 Å². The molecule has 0 saturated heterocycles. The Morgan fingerprint density at radius 1 is 1.32 bits per heavy atom. The molecule has 25 heavy (non-hydrogen) atoms. The molecule has 8 heteroatoms. The summed E-state index contributed by atoms with van der Waals surface area (Å²) in [6.07, 6.45) is 0.857. The molecule has 1 heterocycles. The van der Waals surface area contributed by atoms with Crippen LogP contribution < -0.4 is 5.32 Å². The Hall–Kier alpha value is -1.93. The number of nitrogens with zero attached hydrogens (tertiary/aromatic N) is 1. The molecule has 1 amide bonds. The van der Waals surface area contributed by atoms with Crippen LogP contribution in [0, 0.1) is 5.82 Å². The minimum Gasteiger partial charge on any atom is -0.466 e. The summed E-state index contributed by atoms with van der Waals surface area (Å²) >= 11 is 2.79. The molecule has 0 bridgehead atoms. The van der Waals surface area contributed by atoms with Gasteiger partial charge in [0.15, 0.2) is 4.34 Å². The minimum atomic E-state index is -0.284. The smallest absolute Gasteiger partial charge is 0.305 e. The van der Waals surface area contributed by atoms with Gasteiger partial charge in [-0.15, -0.1) is 11.3 Å². The van der Waals surface area contributed by atoms with Gasteiger partial charge in [-0.1, -0.05) is 11.8 Å². The predicted octanol–water partition coefficient (Wildman–Crippen LogP) is 3.50. The van der Waals surface area contributed by atoms with Crippen molar-refractivity contribution in [2.24, 2.45) is 0 Å². The molecule has 0 fully saturated rings. The molecule has 0 unspecified atom stereocenters. The molecular formula is C17H19FN2O3S2. The average Bonchev–Trinajstić information content (AvgIpc) is 3.07. The van der Waals surface area contributed by atoms with Crippen LogP contribution >= 0.6 is 23.1 Å². The molecule has 0 aliphatic carbocycles. The van der Waals surface area contributed by atoms with Crippen LogP contribution in [0.25, 0.3) is 11.3 Å². The highest BCUT2D eigenvalue weighted by atomic mass is 32.2. The predicted molar refractivity (Wildman–Crippen MR) is 97.1 cm³/mol. The Kier molecular flexibility index (Phi) is 7.87. The lowest BCUT2D eigenvalue weighted by atomic mass is 10.2. The van der Waals surface area contributed by atoms with Crippen molar-refractivity contribution in [2.45, 2.75) is 24.1 Å². The molecule has 134 valence electrons. The molecule has 0 atom stereocenters. The number of halogens is 1. The van der Waals surface area contributed by atoms with Gasteiger partial charge in [-0.3, -0.25) is 9.59 Å². The van der Waals surface area contributed by atoms with E-state index in [2.05, 4.69) is 10.3 Å². The highest BCUT2D eigenvalue weighted by Crippen LogP contribution is 2.28. The third-order valence-electron chi connectivity index (χ3n) is 3.14. The monoisotopic (exact) mass is 382 g/mol. The van der Waals surface area contributed by atoms with Crippen molar-refractivity contribution in [1.29, 1.82) is 0 Å². The second-order valence-electron chi connectivity index (χ2n) is 5.05. The van der Waals surface area contributed by atoms with E-state index < -0.39 is 0 Å². The summed E-state index contributed by atoms with van der Waals surface area (Å²) in [6, 6.07) is 6.14. The van der Waals surface area contributed by atoms with E-state index >= 15 is 0 Å². The fraction of sp³-hybridized carbons (Fsp3) is 0.353. The molecule has 0 saturated carbocycles. The third kappa shape index (κ3) is 6.83. The number of thiazole rings is 1. The van der Waals surface area contributed by atoms with Gasteiger partial charge >= 0.3 is 5.97 Å². The first-order chi connectivity index (χ1) is 12.1. The quantitative estimate of drug-likeness (QED) is 0.408. The molecule has 2 rings (SSSR count). The van der Waals surface area contributed by atoms with Crippen molar-refractivity contribution in [2.75, 3.05) is 18.9 Å². The fourth-order valence-electron chi connectivity index (χ4n) is 1.95. The first kappa shape index (κ1) is 19.4. The van der Waals surface area contributed by atoms with E-state index in [-0.39, 0.29) is 23.4 Å². The number of ether oxygens (including phenoxy) is 1. The van der Waals surface area contributed by atoms with Crippen molar-refractivity contribution in [1.82, 2.24) is 10.3 Å². The van der Waals surface area contributed by atoms with Gasteiger partial charge in [0.05, 0.1) is 18.1 Å². The lowest BCUT2D eigenvalue weighted by Crippen LogP contribution is -2.26. The van der Waals surface area contributed by atoms with E-state index in [1.54, 1.807) is 19.1 Å². The molecule has 0 aliphatic heterocycles. The number of aromatic nitrogens is 1. The summed E-state index contributed by atoms with van der Waals surface area (Å²) < 4.78 is 18.5. The Bertz CT molecular complexity index is 704. The number of thioether (sulfide) groups is 1. The summed E-state index contributed by atoms with van der Waals surface area (Å²) in [6.45, 7) is 2.57. The van der Waals surface area contributed by atoms with Crippen LogP contribution in [-0.4, -0.2) is 35.8 Å². The minimum absolute atomic E-state index is 0.104. The largest absolute Gasteiger partial charge is 0.466 e. The van der Waals surface area contributed by atoms with Crippen LogP contribution in [0.4, 0.5) is 4.39 Å². The molecule has 0 aliphatic rings. The standard InChI is InChI=1S/C17H19FN2O3S2/c1-2-23-16(22)4-3-9-19-15(21)11-25-17-20-14(10-24-17)12-5-7-13(18)8-6-12/h5-8,10H,2-4,9,11H2,1H3,(H,19,21). The lowest BCUT2D eigenvalue weighted by molar-refractivity contribution is -0.143. The lowest BCUT2D eigenvalue weighted by Gasteiger charge is -2.04. The third-order valence-corrected chi connectivity index (χ3v) is 5.16. The highest BCUT2D eigenvalue weighted by molar-refractivity contribution is 8.01. The Morgan fingerprint density at radius 2 is 2.08 bits per heavy atom. The number of hydrogen-bond acceptors (Lipinski definition) is 6. The van der Waals surface area contributed by atoms with Crippen LogP contribution in [0.2, 0.25) is 0 Å². The molecule has 0 spiro atoms. The molecule has 5 nitrogen and oxygen atoms in total. The van der Waals surface area contributed by atoms with Gasteiger partial charge in [-0.25, -0.2) is 9.37 Å². The first-order valence-electron chi connectivity index (χ1n) is 7.85. The zero-order valence-electron chi connectivity index (χ0n) is 13.8.